The van der Waals surface area contributed by atoms with Crippen molar-refractivity contribution in [2.45, 2.75) is 19.6 Å². The summed E-state index contributed by atoms with van der Waals surface area (Å²) in [5.74, 6) is 0. The summed E-state index contributed by atoms with van der Waals surface area (Å²) in [6.07, 6.45) is 1.51. The Morgan fingerprint density at radius 2 is 2.14 bits per heavy atom. The van der Waals surface area contributed by atoms with Gasteiger partial charge in [-0.3, -0.25) is 0 Å². The van der Waals surface area contributed by atoms with Crippen LogP contribution in [0.5, 0.6) is 0 Å². The average molecular weight is 191 g/mol. The molecule has 1 rings (SSSR count). The van der Waals surface area contributed by atoms with E-state index in [1.807, 2.05) is 37.3 Å². The predicted molar refractivity (Wildman–Crippen MR) is 53.7 cm³/mol. The highest BCUT2D eigenvalue weighted by molar-refractivity contribution is 5.33. The molecule has 1 aromatic rings. The van der Waals surface area contributed by atoms with Crippen molar-refractivity contribution in [3.8, 4) is 0 Å². The van der Waals surface area contributed by atoms with Crippen LogP contribution in [0, 0.1) is 0 Å². The van der Waals surface area contributed by atoms with E-state index in [4.69, 9.17) is 4.74 Å². The number of hydrogen-bond acceptors (Lipinski definition) is 3. The van der Waals surface area contributed by atoms with Crippen LogP contribution in [-0.4, -0.2) is 18.7 Å². The zero-order valence-corrected chi connectivity index (χ0v) is 8.14. The largest absolute Gasteiger partial charge is 0.375 e. The monoisotopic (exact) mass is 191 g/mol. The highest BCUT2D eigenvalue weighted by atomic mass is 16.5. The Morgan fingerprint density at radius 1 is 1.43 bits per heavy atom. The van der Waals surface area contributed by atoms with Crippen molar-refractivity contribution in [1.29, 1.82) is 0 Å². The zero-order chi connectivity index (χ0) is 10.2. The molecule has 0 aliphatic carbocycles. The lowest BCUT2D eigenvalue weighted by molar-refractivity contribution is 0.112. The first-order valence-corrected chi connectivity index (χ1v) is 4.51. The molecule has 3 nitrogen and oxygen atoms in total. The lowest BCUT2D eigenvalue weighted by Crippen LogP contribution is -2.08. The summed E-state index contributed by atoms with van der Waals surface area (Å²) in [7, 11) is 0. The van der Waals surface area contributed by atoms with Crippen LogP contribution in [0.1, 0.15) is 12.5 Å². The van der Waals surface area contributed by atoms with Gasteiger partial charge in [-0.25, -0.2) is 9.79 Å². The van der Waals surface area contributed by atoms with Gasteiger partial charge in [-0.15, -0.1) is 0 Å². The molecule has 0 saturated carbocycles. The number of carbonyl (C=O) groups excluding carboxylic acids is 1. The van der Waals surface area contributed by atoms with E-state index in [-0.39, 0.29) is 6.04 Å². The Morgan fingerprint density at radius 3 is 2.79 bits per heavy atom. The first-order valence-electron chi connectivity index (χ1n) is 4.51. The Labute approximate surface area is 83.4 Å². The summed E-state index contributed by atoms with van der Waals surface area (Å²) in [5, 5.41) is 0. The van der Waals surface area contributed by atoms with Crippen molar-refractivity contribution < 1.29 is 9.53 Å². The van der Waals surface area contributed by atoms with E-state index in [1.165, 1.54) is 6.08 Å². The van der Waals surface area contributed by atoms with E-state index >= 15 is 0 Å². The van der Waals surface area contributed by atoms with Crippen molar-refractivity contribution in [2.75, 3.05) is 6.61 Å². The van der Waals surface area contributed by atoms with Gasteiger partial charge in [0, 0.05) is 0 Å². The molecule has 74 valence electrons. The molecule has 0 fully saturated rings. The molecule has 0 aliphatic heterocycles. The zero-order valence-electron chi connectivity index (χ0n) is 8.14. The van der Waals surface area contributed by atoms with Crippen LogP contribution in [0.2, 0.25) is 0 Å². The van der Waals surface area contributed by atoms with Crippen LogP contribution in [0.15, 0.2) is 35.3 Å². The van der Waals surface area contributed by atoms with Gasteiger partial charge in [0.05, 0.1) is 19.3 Å². The fourth-order valence-corrected chi connectivity index (χ4v) is 1.05. The molecule has 0 amide bonds. The number of benzene rings is 1. The topological polar surface area (TPSA) is 38.7 Å². The van der Waals surface area contributed by atoms with E-state index in [0.29, 0.717) is 13.2 Å². The van der Waals surface area contributed by atoms with Crippen molar-refractivity contribution in [2.24, 2.45) is 4.99 Å². The Kier molecular flexibility index (Phi) is 4.62. The first kappa shape index (κ1) is 10.6. The molecule has 0 spiro atoms. The number of aliphatic imine (C=N–C) groups is 1. The van der Waals surface area contributed by atoms with E-state index in [1.54, 1.807) is 0 Å². The van der Waals surface area contributed by atoms with Crippen LogP contribution in [-0.2, 0) is 16.1 Å². The predicted octanol–water partition coefficient (Wildman–Crippen LogP) is 1.93. The Bertz CT molecular complexity index is 304. The number of nitrogens with zero attached hydrogens (tertiary/aromatic N) is 1. The van der Waals surface area contributed by atoms with Crippen molar-refractivity contribution in [3.05, 3.63) is 35.9 Å². The van der Waals surface area contributed by atoms with Crippen LogP contribution in [0.3, 0.4) is 0 Å². The van der Waals surface area contributed by atoms with Crippen molar-refractivity contribution in [3.63, 3.8) is 0 Å². The normalized spacial score (nSPS) is 11.8. The fraction of sp³-hybridized carbons (Fsp3) is 0.364. The van der Waals surface area contributed by atoms with E-state index in [2.05, 4.69) is 4.99 Å². The van der Waals surface area contributed by atoms with Gasteiger partial charge in [-0.2, -0.15) is 0 Å². The van der Waals surface area contributed by atoms with Crippen LogP contribution < -0.4 is 0 Å². The van der Waals surface area contributed by atoms with Gasteiger partial charge >= 0.3 is 0 Å². The van der Waals surface area contributed by atoms with E-state index in [0.717, 1.165) is 5.56 Å². The highest BCUT2D eigenvalue weighted by Crippen LogP contribution is 2.01. The summed E-state index contributed by atoms with van der Waals surface area (Å²) in [6, 6.07) is 9.76. The van der Waals surface area contributed by atoms with Gasteiger partial charge < -0.3 is 4.74 Å². The molecule has 0 heterocycles. The first-order chi connectivity index (χ1) is 6.83. The minimum Gasteiger partial charge on any atom is -0.375 e. The maximum Gasteiger partial charge on any atom is 0.235 e. The number of hydrogen-bond donors (Lipinski definition) is 0. The SMILES string of the molecule is CC(COCc1ccccc1)N=C=O. The summed E-state index contributed by atoms with van der Waals surface area (Å²) in [6.45, 7) is 2.82. The molecule has 0 saturated heterocycles. The third-order valence-corrected chi connectivity index (χ3v) is 1.74. The second-order valence-corrected chi connectivity index (χ2v) is 3.07. The molecule has 0 N–H and O–H groups in total. The quantitative estimate of drug-likeness (QED) is 0.527. The lowest BCUT2D eigenvalue weighted by atomic mass is 10.2. The van der Waals surface area contributed by atoms with Crippen LogP contribution in [0.4, 0.5) is 0 Å². The summed E-state index contributed by atoms with van der Waals surface area (Å²) < 4.78 is 5.36. The maximum absolute atomic E-state index is 9.90. The van der Waals surface area contributed by atoms with Gasteiger partial charge in [0.25, 0.3) is 0 Å². The fourth-order valence-electron chi connectivity index (χ4n) is 1.05. The number of ether oxygens (including phenoxy) is 1. The number of rotatable bonds is 5. The van der Waals surface area contributed by atoms with Crippen LogP contribution >= 0.6 is 0 Å². The minimum atomic E-state index is -0.115. The molecular weight excluding hydrogens is 178 g/mol. The number of isocyanates is 1. The summed E-state index contributed by atoms with van der Waals surface area (Å²) >= 11 is 0. The summed E-state index contributed by atoms with van der Waals surface area (Å²) in [5.41, 5.74) is 1.12. The Hall–Kier alpha value is -1.44. The van der Waals surface area contributed by atoms with Gasteiger partial charge in [0.2, 0.25) is 6.08 Å². The van der Waals surface area contributed by atoms with Crippen LogP contribution in [0.25, 0.3) is 0 Å². The molecule has 1 atom stereocenters. The third kappa shape index (κ3) is 3.99. The average Bonchev–Trinajstić information content (AvgIpc) is 2.20. The van der Waals surface area contributed by atoms with E-state index < -0.39 is 0 Å². The van der Waals surface area contributed by atoms with Gasteiger partial charge in [0.15, 0.2) is 0 Å². The highest BCUT2D eigenvalue weighted by Gasteiger charge is 1.98. The molecule has 1 unspecified atom stereocenters. The Balaban J connectivity index is 2.25. The van der Waals surface area contributed by atoms with Gasteiger partial charge in [-0.05, 0) is 12.5 Å². The maximum atomic E-state index is 9.90. The second-order valence-electron chi connectivity index (χ2n) is 3.07. The lowest BCUT2D eigenvalue weighted by Gasteiger charge is -2.05. The molecule has 0 aliphatic rings. The summed E-state index contributed by atoms with van der Waals surface area (Å²) in [4.78, 5) is 13.4. The molecule has 0 aromatic heterocycles. The molecule has 3 heteroatoms. The van der Waals surface area contributed by atoms with Crippen molar-refractivity contribution >= 4 is 6.08 Å². The van der Waals surface area contributed by atoms with E-state index in [9.17, 15) is 4.79 Å². The minimum absolute atomic E-state index is 0.115. The standard InChI is InChI=1S/C11H13NO2/c1-10(12-9-13)7-14-8-11-5-3-2-4-6-11/h2-6,10H,7-8H2,1H3. The van der Waals surface area contributed by atoms with Crippen molar-refractivity contribution in [1.82, 2.24) is 0 Å². The smallest absolute Gasteiger partial charge is 0.235 e. The molecule has 1 aromatic carbocycles. The van der Waals surface area contributed by atoms with Gasteiger partial charge in [0.1, 0.15) is 0 Å². The second kappa shape index (κ2) is 6.08. The third-order valence-electron chi connectivity index (χ3n) is 1.74. The van der Waals surface area contributed by atoms with Gasteiger partial charge in [-0.1, -0.05) is 30.3 Å². The molecule has 0 radical (unpaired) electrons. The molecular formula is C11H13NO2. The molecule has 0 bridgehead atoms. The molecule has 14 heavy (non-hydrogen) atoms.